The zero-order valence-corrected chi connectivity index (χ0v) is 14.5. The van der Waals surface area contributed by atoms with Gasteiger partial charge in [0.25, 0.3) is 11.8 Å². The van der Waals surface area contributed by atoms with Gasteiger partial charge in [-0.1, -0.05) is 24.3 Å². The zero-order valence-electron chi connectivity index (χ0n) is 13.7. The maximum Gasteiger partial charge on any atom is 0.287 e. The van der Waals surface area contributed by atoms with Crippen molar-refractivity contribution in [2.75, 3.05) is 0 Å². The molecule has 0 spiro atoms. The Morgan fingerprint density at radius 1 is 1.04 bits per heavy atom. The highest BCUT2D eigenvalue weighted by Crippen LogP contribution is 2.13. The van der Waals surface area contributed by atoms with E-state index in [1.165, 1.54) is 17.6 Å². The van der Waals surface area contributed by atoms with Crippen molar-refractivity contribution in [3.8, 4) is 0 Å². The number of hydrazone groups is 1. The molecule has 3 N–H and O–H groups in total. The van der Waals surface area contributed by atoms with Gasteiger partial charge in [0.1, 0.15) is 5.70 Å². The zero-order chi connectivity index (χ0) is 18.2. The average Bonchev–Trinajstić information content (AvgIpc) is 3.36. The molecule has 0 saturated carbocycles. The summed E-state index contributed by atoms with van der Waals surface area (Å²) in [5.41, 5.74) is 3.76. The lowest BCUT2D eigenvalue weighted by molar-refractivity contribution is -0.117. The van der Waals surface area contributed by atoms with Gasteiger partial charge in [-0.2, -0.15) is 5.10 Å². The van der Waals surface area contributed by atoms with E-state index in [9.17, 15) is 9.59 Å². The van der Waals surface area contributed by atoms with Gasteiger partial charge in [0.2, 0.25) is 0 Å². The van der Waals surface area contributed by atoms with Gasteiger partial charge in [-0.3, -0.25) is 9.59 Å². The first-order valence-corrected chi connectivity index (χ1v) is 8.69. The Morgan fingerprint density at radius 3 is 2.58 bits per heavy atom. The average molecular weight is 364 g/mol. The lowest BCUT2D eigenvalue weighted by Gasteiger charge is -2.08. The number of aromatic amines is 1. The van der Waals surface area contributed by atoms with Gasteiger partial charge < -0.3 is 10.3 Å². The van der Waals surface area contributed by atoms with Crippen molar-refractivity contribution < 1.29 is 9.59 Å². The van der Waals surface area contributed by atoms with Crippen molar-refractivity contribution >= 4 is 35.4 Å². The maximum absolute atomic E-state index is 12.5. The monoisotopic (exact) mass is 364 g/mol. The second-order valence-corrected chi connectivity index (χ2v) is 6.20. The van der Waals surface area contributed by atoms with E-state index in [0.717, 1.165) is 10.6 Å². The van der Waals surface area contributed by atoms with Gasteiger partial charge in [0.05, 0.1) is 11.9 Å². The summed E-state index contributed by atoms with van der Waals surface area (Å²) in [5, 5.41) is 8.44. The first kappa shape index (κ1) is 17.4. The smallest absolute Gasteiger partial charge is 0.287 e. The van der Waals surface area contributed by atoms with Gasteiger partial charge in [0.15, 0.2) is 0 Å². The Hall–Kier alpha value is -3.45. The van der Waals surface area contributed by atoms with Crippen LogP contribution in [0.3, 0.4) is 0 Å². The number of carbonyl (C=O) groups is 2. The Bertz CT molecular complexity index is 914. The number of carbonyl (C=O) groups excluding carboxylic acids is 2. The molecule has 6 nitrogen and oxygen atoms in total. The van der Waals surface area contributed by atoms with Crippen LogP contribution in [0.1, 0.15) is 20.9 Å². The summed E-state index contributed by atoms with van der Waals surface area (Å²) in [4.78, 5) is 28.6. The van der Waals surface area contributed by atoms with Crippen molar-refractivity contribution in [1.82, 2.24) is 15.7 Å². The molecule has 26 heavy (non-hydrogen) atoms. The second-order valence-electron chi connectivity index (χ2n) is 5.22. The predicted molar refractivity (Wildman–Crippen MR) is 103 cm³/mol. The van der Waals surface area contributed by atoms with E-state index in [2.05, 4.69) is 20.8 Å². The third kappa shape index (κ3) is 4.78. The van der Waals surface area contributed by atoms with E-state index < -0.39 is 5.91 Å². The molecule has 0 aliphatic rings. The molecule has 0 fully saturated rings. The summed E-state index contributed by atoms with van der Waals surface area (Å²) in [7, 11) is 0. The molecule has 3 aromatic rings. The topological polar surface area (TPSA) is 86.3 Å². The molecule has 0 atom stereocenters. The molecule has 1 aromatic carbocycles. The number of benzene rings is 1. The number of amides is 2. The highest BCUT2D eigenvalue weighted by Gasteiger charge is 2.14. The molecule has 0 bridgehead atoms. The van der Waals surface area contributed by atoms with E-state index in [0.29, 0.717) is 5.56 Å². The Morgan fingerprint density at radius 2 is 1.88 bits per heavy atom. The first-order chi connectivity index (χ1) is 12.7. The number of H-pyrrole nitrogens is 1. The Balaban J connectivity index is 1.75. The highest BCUT2D eigenvalue weighted by molar-refractivity contribution is 7.10. The maximum atomic E-state index is 12.5. The van der Waals surface area contributed by atoms with Gasteiger partial charge >= 0.3 is 0 Å². The van der Waals surface area contributed by atoms with Crippen LogP contribution in [0.5, 0.6) is 0 Å². The van der Waals surface area contributed by atoms with Crippen LogP contribution in [0, 0.1) is 0 Å². The van der Waals surface area contributed by atoms with Crippen molar-refractivity contribution in [2.24, 2.45) is 5.10 Å². The van der Waals surface area contributed by atoms with E-state index in [1.54, 1.807) is 36.5 Å². The molecule has 0 unspecified atom stereocenters. The fourth-order valence-electron chi connectivity index (χ4n) is 2.10. The third-order valence-corrected chi connectivity index (χ3v) is 4.17. The van der Waals surface area contributed by atoms with Gasteiger partial charge in [0, 0.05) is 16.6 Å². The van der Waals surface area contributed by atoms with E-state index in [-0.39, 0.29) is 11.6 Å². The van der Waals surface area contributed by atoms with E-state index >= 15 is 0 Å². The normalized spacial score (nSPS) is 11.5. The summed E-state index contributed by atoms with van der Waals surface area (Å²) in [6.07, 6.45) is 4.86. The lowest BCUT2D eigenvalue weighted by Crippen LogP contribution is -2.32. The van der Waals surface area contributed by atoms with Gasteiger partial charge in [-0.05, 0) is 41.8 Å². The van der Waals surface area contributed by atoms with Crippen molar-refractivity contribution in [3.63, 3.8) is 0 Å². The fourth-order valence-corrected chi connectivity index (χ4v) is 2.76. The summed E-state index contributed by atoms with van der Waals surface area (Å²) < 4.78 is 0. The summed E-state index contributed by atoms with van der Waals surface area (Å²) in [5.74, 6) is -0.873. The molecule has 3 rings (SSSR count). The minimum atomic E-state index is -0.509. The summed E-state index contributed by atoms with van der Waals surface area (Å²) in [6, 6.07) is 16.1. The van der Waals surface area contributed by atoms with E-state index in [1.807, 2.05) is 35.7 Å². The number of thiophene rings is 1. The van der Waals surface area contributed by atoms with Crippen LogP contribution in [-0.4, -0.2) is 23.0 Å². The highest BCUT2D eigenvalue weighted by atomic mass is 32.1. The Labute approximate surface area is 154 Å². The van der Waals surface area contributed by atoms with Crippen LogP contribution in [0.2, 0.25) is 0 Å². The second kappa shape index (κ2) is 8.59. The van der Waals surface area contributed by atoms with Crippen molar-refractivity contribution in [1.29, 1.82) is 0 Å². The first-order valence-electron chi connectivity index (χ1n) is 7.81. The van der Waals surface area contributed by atoms with Crippen LogP contribution < -0.4 is 10.7 Å². The van der Waals surface area contributed by atoms with Crippen LogP contribution in [0.25, 0.3) is 6.08 Å². The standard InChI is InChI=1S/C19H16N4O2S/c24-18(14-6-2-1-3-7-14)22-17(12-16-9-5-11-26-16)19(25)23-21-13-15-8-4-10-20-15/h1-13,20H,(H,22,24)(H,23,25). The molecule has 0 aliphatic heterocycles. The fraction of sp³-hybridized carbons (Fsp3) is 0. The largest absolute Gasteiger partial charge is 0.360 e. The van der Waals surface area contributed by atoms with Crippen LogP contribution in [-0.2, 0) is 4.79 Å². The van der Waals surface area contributed by atoms with Crippen molar-refractivity contribution in [2.45, 2.75) is 0 Å². The molecule has 130 valence electrons. The molecule has 2 amide bonds. The number of aromatic nitrogens is 1. The summed E-state index contributed by atoms with van der Waals surface area (Å²) in [6.45, 7) is 0. The molecular formula is C19H16N4O2S. The Kier molecular flexibility index (Phi) is 5.74. The molecule has 0 radical (unpaired) electrons. The van der Waals surface area contributed by atoms with E-state index in [4.69, 9.17) is 0 Å². The number of hydrogen-bond donors (Lipinski definition) is 3. The molecule has 7 heteroatoms. The van der Waals surface area contributed by atoms with Crippen LogP contribution in [0.4, 0.5) is 0 Å². The summed E-state index contributed by atoms with van der Waals surface area (Å²) >= 11 is 1.46. The molecule has 2 aromatic heterocycles. The number of hydrogen-bond acceptors (Lipinski definition) is 4. The molecular weight excluding hydrogens is 348 g/mol. The van der Waals surface area contributed by atoms with Gasteiger partial charge in [-0.15, -0.1) is 11.3 Å². The number of nitrogens with zero attached hydrogens (tertiary/aromatic N) is 1. The quantitative estimate of drug-likeness (QED) is 0.357. The van der Waals surface area contributed by atoms with Crippen LogP contribution in [0.15, 0.2) is 77.0 Å². The lowest BCUT2D eigenvalue weighted by atomic mass is 10.2. The number of nitrogens with one attached hydrogen (secondary N) is 3. The third-order valence-electron chi connectivity index (χ3n) is 3.35. The number of rotatable bonds is 6. The van der Waals surface area contributed by atoms with Crippen molar-refractivity contribution in [3.05, 3.63) is 88.0 Å². The molecule has 0 aliphatic carbocycles. The van der Waals surface area contributed by atoms with Crippen LogP contribution >= 0.6 is 11.3 Å². The SMILES string of the molecule is O=C(NN=Cc1ccc[nH]1)C(=Cc1cccs1)NC(=O)c1ccccc1. The predicted octanol–water partition coefficient (Wildman–Crippen LogP) is 3.00. The molecule has 2 heterocycles. The minimum absolute atomic E-state index is 0.116. The minimum Gasteiger partial charge on any atom is -0.360 e. The molecule has 0 saturated heterocycles. The van der Waals surface area contributed by atoms with Gasteiger partial charge in [-0.25, -0.2) is 5.43 Å².